The Morgan fingerprint density at radius 3 is 2.44 bits per heavy atom. The third-order valence-electron chi connectivity index (χ3n) is 3.89. The summed E-state index contributed by atoms with van der Waals surface area (Å²) < 4.78 is 10.7. The molecule has 2 fully saturated rings. The molecular formula is C13H26N2O3. The predicted molar refractivity (Wildman–Crippen MR) is 69.7 cm³/mol. The number of rotatable bonds is 5. The summed E-state index contributed by atoms with van der Waals surface area (Å²) >= 11 is 0. The van der Waals surface area contributed by atoms with Gasteiger partial charge in [-0.3, -0.25) is 4.90 Å². The summed E-state index contributed by atoms with van der Waals surface area (Å²) in [6.07, 6.45) is 1.90. The number of nitrogens with zero attached hydrogens (tertiary/aromatic N) is 2. The standard InChI is InChI=1S/C13H26N2O3/c1-14(12-2-6-17-7-3-12)10-13(16)11-15-4-8-18-9-5-15/h12-13,16H,2-11H2,1H3. The van der Waals surface area contributed by atoms with Crippen LogP contribution in [-0.4, -0.2) is 86.7 Å². The summed E-state index contributed by atoms with van der Waals surface area (Å²) in [7, 11) is 2.11. The third kappa shape index (κ3) is 4.48. The van der Waals surface area contributed by atoms with E-state index in [-0.39, 0.29) is 6.10 Å². The highest BCUT2D eigenvalue weighted by Crippen LogP contribution is 2.13. The van der Waals surface area contributed by atoms with E-state index in [4.69, 9.17) is 9.47 Å². The van der Waals surface area contributed by atoms with E-state index in [0.717, 1.165) is 65.4 Å². The van der Waals surface area contributed by atoms with Crippen LogP contribution in [0.5, 0.6) is 0 Å². The maximum Gasteiger partial charge on any atom is 0.0793 e. The van der Waals surface area contributed by atoms with Gasteiger partial charge in [-0.05, 0) is 19.9 Å². The zero-order chi connectivity index (χ0) is 12.8. The van der Waals surface area contributed by atoms with Crippen molar-refractivity contribution >= 4 is 0 Å². The molecule has 106 valence electrons. The number of aliphatic hydroxyl groups is 1. The number of hydrogen-bond acceptors (Lipinski definition) is 5. The maximum absolute atomic E-state index is 10.1. The molecular weight excluding hydrogens is 232 g/mol. The van der Waals surface area contributed by atoms with Crippen LogP contribution >= 0.6 is 0 Å². The van der Waals surface area contributed by atoms with Crippen LogP contribution in [0.15, 0.2) is 0 Å². The number of β-amino-alcohol motifs (C(OH)–C–C–N with tert-alkyl or cyclic N) is 1. The zero-order valence-electron chi connectivity index (χ0n) is 11.4. The summed E-state index contributed by atoms with van der Waals surface area (Å²) in [5.41, 5.74) is 0. The first kappa shape index (κ1) is 14.2. The normalized spacial score (nSPS) is 25.5. The van der Waals surface area contributed by atoms with Crippen LogP contribution in [0.2, 0.25) is 0 Å². The Labute approximate surface area is 110 Å². The minimum absolute atomic E-state index is 0.268. The van der Waals surface area contributed by atoms with Crippen LogP contribution < -0.4 is 0 Å². The quantitative estimate of drug-likeness (QED) is 0.739. The average molecular weight is 258 g/mol. The van der Waals surface area contributed by atoms with Gasteiger partial charge >= 0.3 is 0 Å². The fraction of sp³-hybridized carbons (Fsp3) is 1.00. The molecule has 5 heteroatoms. The van der Waals surface area contributed by atoms with Crippen molar-refractivity contribution in [3.63, 3.8) is 0 Å². The van der Waals surface area contributed by atoms with E-state index in [1.165, 1.54) is 0 Å². The van der Waals surface area contributed by atoms with Crippen molar-refractivity contribution in [2.24, 2.45) is 0 Å². The zero-order valence-corrected chi connectivity index (χ0v) is 11.4. The van der Waals surface area contributed by atoms with E-state index in [1.54, 1.807) is 0 Å². The molecule has 0 aromatic heterocycles. The fourth-order valence-corrected chi connectivity index (χ4v) is 2.75. The molecule has 0 bridgehead atoms. The molecule has 0 saturated carbocycles. The maximum atomic E-state index is 10.1. The average Bonchev–Trinajstić information content (AvgIpc) is 2.40. The second-order valence-electron chi connectivity index (χ2n) is 5.35. The molecule has 2 aliphatic heterocycles. The number of likely N-dealkylation sites (N-methyl/N-ethyl adjacent to an activating group) is 1. The van der Waals surface area contributed by atoms with E-state index >= 15 is 0 Å². The Morgan fingerprint density at radius 1 is 1.17 bits per heavy atom. The van der Waals surface area contributed by atoms with Crippen LogP contribution in [0.4, 0.5) is 0 Å². The first-order valence-corrected chi connectivity index (χ1v) is 7.02. The highest BCUT2D eigenvalue weighted by atomic mass is 16.5. The van der Waals surface area contributed by atoms with Crippen molar-refractivity contribution in [2.45, 2.75) is 25.0 Å². The Morgan fingerprint density at radius 2 is 1.78 bits per heavy atom. The second kappa shape index (κ2) is 7.40. The molecule has 0 aromatic carbocycles. The van der Waals surface area contributed by atoms with Crippen molar-refractivity contribution < 1.29 is 14.6 Å². The van der Waals surface area contributed by atoms with Gasteiger partial charge in [0.05, 0.1) is 19.3 Å². The summed E-state index contributed by atoms with van der Waals surface area (Å²) in [5.74, 6) is 0. The molecule has 2 rings (SSSR count). The minimum Gasteiger partial charge on any atom is -0.390 e. The SMILES string of the molecule is CN(CC(O)CN1CCOCC1)C1CCOCC1. The van der Waals surface area contributed by atoms with E-state index < -0.39 is 0 Å². The van der Waals surface area contributed by atoms with Gasteiger partial charge < -0.3 is 19.5 Å². The number of morpholine rings is 1. The van der Waals surface area contributed by atoms with Crippen LogP contribution in [0, 0.1) is 0 Å². The Bertz CT molecular complexity index is 228. The lowest BCUT2D eigenvalue weighted by Gasteiger charge is -2.34. The van der Waals surface area contributed by atoms with E-state index in [2.05, 4.69) is 16.8 Å². The van der Waals surface area contributed by atoms with Gasteiger partial charge in [-0.2, -0.15) is 0 Å². The fourth-order valence-electron chi connectivity index (χ4n) is 2.75. The predicted octanol–water partition coefficient (Wildman–Crippen LogP) is -0.210. The van der Waals surface area contributed by atoms with Crippen molar-refractivity contribution in [1.29, 1.82) is 0 Å². The lowest BCUT2D eigenvalue weighted by atomic mass is 10.1. The van der Waals surface area contributed by atoms with Gasteiger partial charge in [-0.1, -0.05) is 0 Å². The first-order valence-electron chi connectivity index (χ1n) is 7.02. The number of aliphatic hydroxyl groups excluding tert-OH is 1. The van der Waals surface area contributed by atoms with Gasteiger partial charge in [0.2, 0.25) is 0 Å². The van der Waals surface area contributed by atoms with Gasteiger partial charge in [-0.15, -0.1) is 0 Å². The van der Waals surface area contributed by atoms with Gasteiger partial charge in [0, 0.05) is 45.4 Å². The molecule has 18 heavy (non-hydrogen) atoms. The largest absolute Gasteiger partial charge is 0.390 e. The molecule has 2 saturated heterocycles. The van der Waals surface area contributed by atoms with Crippen LogP contribution in [0.1, 0.15) is 12.8 Å². The van der Waals surface area contributed by atoms with Crippen molar-refractivity contribution in [3.05, 3.63) is 0 Å². The second-order valence-corrected chi connectivity index (χ2v) is 5.35. The highest BCUT2D eigenvalue weighted by Gasteiger charge is 2.22. The third-order valence-corrected chi connectivity index (χ3v) is 3.89. The Balaban J connectivity index is 1.67. The molecule has 0 amide bonds. The minimum atomic E-state index is -0.268. The van der Waals surface area contributed by atoms with E-state index in [9.17, 15) is 5.11 Å². The first-order chi connectivity index (χ1) is 8.75. The molecule has 1 N–H and O–H groups in total. The van der Waals surface area contributed by atoms with Gasteiger partial charge in [0.15, 0.2) is 0 Å². The monoisotopic (exact) mass is 258 g/mol. The van der Waals surface area contributed by atoms with Crippen LogP contribution in [0.3, 0.4) is 0 Å². The summed E-state index contributed by atoms with van der Waals surface area (Å²) in [6.45, 7) is 6.70. The Hall–Kier alpha value is -0.200. The van der Waals surface area contributed by atoms with E-state index in [0.29, 0.717) is 6.04 Å². The topological polar surface area (TPSA) is 45.2 Å². The van der Waals surface area contributed by atoms with Gasteiger partial charge in [0.25, 0.3) is 0 Å². The molecule has 0 aromatic rings. The molecule has 1 unspecified atom stereocenters. The molecule has 5 nitrogen and oxygen atoms in total. The molecule has 1 atom stereocenters. The van der Waals surface area contributed by atoms with E-state index in [1.807, 2.05) is 0 Å². The summed E-state index contributed by atoms with van der Waals surface area (Å²) in [4.78, 5) is 4.57. The number of hydrogen-bond donors (Lipinski definition) is 1. The smallest absolute Gasteiger partial charge is 0.0793 e. The number of ether oxygens (including phenoxy) is 2. The van der Waals surface area contributed by atoms with Gasteiger partial charge in [0.1, 0.15) is 0 Å². The molecule has 0 aliphatic carbocycles. The van der Waals surface area contributed by atoms with Gasteiger partial charge in [-0.25, -0.2) is 0 Å². The molecule has 0 radical (unpaired) electrons. The molecule has 2 aliphatic rings. The molecule has 2 heterocycles. The summed E-state index contributed by atoms with van der Waals surface area (Å²) in [6, 6.07) is 0.568. The van der Waals surface area contributed by atoms with Crippen molar-refractivity contribution in [2.75, 3.05) is 59.7 Å². The molecule has 0 spiro atoms. The van der Waals surface area contributed by atoms with Crippen LogP contribution in [-0.2, 0) is 9.47 Å². The lowest BCUT2D eigenvalue weighted by molar-refractivity contribution is -0.00472. The highest BCUT2D eigenvalue weighted by molar-refractivity contribution is 4.76. The van der Waals surface area contributed by atoms with Crippen LogP contribution in [0.25, 0.3) is 0 Å². The lowest BCUT2D eigenvalue weighted by Crippen LogP contribution is -2.46. The van der Waals surface area contributed by atoms with Crippen molar-refractivity contribution in [1.82, 2.24) is 9.80 Å². The van der Waals surface area contributed by atoms with Crippen molar-refractivity contribution in [3.8, 4) is 0 Å². The summed E-state index contributed by atoms with van der Waals surface area (Å²) in [5, 5.41) is 10.1. The Kier molecular flexibility index (Phi) is 5.85.